The van der Waals surface area contributed by atoms with Gasteiger partial charge in [0.05, 0.1) is 4.90 Å². The second-order valence-corrected chi connectivity index (χ2v) is 6.44. The van der Waals surface area contributed by atoms with Gasteiger partial charge in [0.2, 0.25) is 0 Å². The van der Waals surface area contributed by atoms with Crippen molar-refractivity contribution in [2.45, 2.75) is 28.2 Å². The fraction of sp³-hybridized carbons (Fsp3) is 0.200. The van der Waals surface area contributed by atoms with E-state index in [9.17, 15) is 8.78 Å². The van der Waals surface area contributed by atoms with Crippen molar-refractivity contribution in [3.63, 3.8) is 0 Å². The van der Waals surface area contributed by atoms with E-state index in [1.165, 1.54) is 17.8 Å². The predicted molar refractivity (Wildman–Crippen MR) is 81.2 cm³/mol. The Morgan fingerprint density at radius 1 is 1.05 bits per heavy atom. The van der Waals surface area contributed by atoms with Gasteiger partial charge in [-0.2, -0.15) is 0 Å². The Labute approximate surface area is 126 Å². The average molecular weight is 311 g/mol. The van der Waals surface area contributed by atoms with Crippen LogP contribution >= 0.6 is 23.5 Å². The molecule has 0 atom stereocenters. The molecule has 0 aliphatic rings. The molecule has 106 valence electrons. The van der Waals surface area contributed by atoms with E-state index >= 15 is 0 Å². The lowest BCUT2D eigenvalue weighted by molar-refractivity contribution is 0.577. The van der Waals surface area contributed by atoms with Crippen molar-refractivity contribution in [2.24, 2.45) is 5.73 Å². The van der Waals surface area contributed by atoms with Crippen LogP contribution in [0, 0.1) is 11.6 Å². The molecule has 0 unspecified atom stereocenters. The van der Waals surface area contributed by atoms with Gasteiger partial charge in [-0.15, -0.1) is 11.8 Å². The van der Waals surface area contributed by atoms with Crippen LogP contribution in [0.2, 0.25) is 0 Å². The summed E-state index contributed by atoms with van der Waals surface area (Å²) in [5.74, 6) is 0.0744. The molecule has 2 aromatic carbocycles. The molecule has 0 spiro atoms. The Morgan fingerprint density at radius 3 is 2.50 bits per heavy atom. The second-order valence-electron chi connectivity index (χ2n) is 4.05. The molecule has 2 aromatic rings. The maximum Gasteiger partial charge on any atom is 0.137 e. The monoisotopic (exact) mass is 311 g/mol. The third-order valence-corrected chi connectivity index (χ3v) is 4.82. The highest BCUT2D eigenvalue weighted by Crippen LogP contribution is 2.36. The largest absolute Gasteiger partial charge is 0.326 e. The topological polar surface area (TPSA) is 26.0 Å². The Hall–Kier alpha value is -1.04. The van der Waals surface area contributed by atoms with E-state index in [2.05, 4.69) is 6.92 Å². The van der Waals surface area contributed by atoms with Gasteiger partial charge in [0.15, 0.2) is 0 Å². The first-order valence-electron chi connectivity index (χ1n) is 6.23. The van der Waals surface area contributed by atoms with E-state index in [-0.39, 0.29) is 4.90 Å². The SMILES string of the molecule is CCSc1cccc(Sc2cc(F)ccc2F)c1CN. The molecule has 0 heterocycles. The summed E-state index contributed by atoms with van der Waals surface area (Å²) in [6, 6.07) is 9.27. The maximum absolute atomic E-state index is 13.7. The predicted octanol–water partition coefficient (Wildman–Crippen LogP) is 4.69. The molecule has 0 aliphatic heterocycles. The lowest BCUT2D eigenvalue weighted by Crippen LogP contribution is -2.01. The first-order chi connectivity index (χ1) is 9.65. The molecule has 0 radical (unpaired) electrons. The van der Waals surface area contributed by atoms with Gasteiger partial charge in [0.25, 0.3) is 0 Å². The molecule has 0 saturated carbocycles. The Kier molecular flexibility index (Phi) is 5.46. The molecular formula is C15H15F2NS2. The van der Waals surface area contributed by atoms with Crippen LogP contribution in [-0.2, 0) is 6.54 Å². The van der Waals surface area contributed by atoms with E-state index in [1.54, 1.807) is 11.8 Å². The molecule has 1 nitrogen and oxygen atoms in total. The second kappa shape index (κ2) is 7.11. The standard InChI is InChI=1S/C15H15F2NS2/c1-2-19-13-4-3-5-14(11(13)9-18)20-15-8-10(16)6-7-12(15)17/h3-8H,2,9,18H2,1H3. The molecular weight excluding hydrogens is 296 g/mol. The number of thioether (sulfide) groups is 1. The van der Waals surface area contributed by atoms with E-state index in [0.717, 1.165) is 33.2 Å². The molecule has 0 aliphatic carbocycles. The van der Waals surface area contributed by atoms with Gasteiger partial charge in [-0.25, -0.2) is 8.78 Å². The van der Waals surface area contributed by atoms with E-state index in [4.69, 9.17) is 5.73 Å². The van der Waals surface area contributed by atoms with Crippen molar-refractivity contribution in [2.75, 3.05) is 5.75 Å². The Bertz CT molecular complexity index is 602. The first kappa shape index (κ1) is 15.4. The lowest BCUT2D eigenvalue weighted by atomic mass is 10.2. The zero-order valence-electron chi connectivity index (χ0n) is 11.0. The zero-order valence-corrected chi connectivity index (χ0v) is 12.7. The number of hydrogen-bond acceptors (Lipinski definition) is 3. The summed E-state index contributed by atoms with van der Waals surface area (Å²) in [5.41, 5.74) is 6.79. The van der Waals surface area contributed by atoms with Crippen molar-refractivity contribution in [3.8, 4) is 0 Å². The lowest BCUT2D eigenvalue weighted by Gasteiger charge is -2.12. The molecule has 0 saturated heterocycles. The molecule has 0 fully saturated rings. The minimum Gasteiger partial charge on any atom is -0.326 e. The molecule has 0 aromatic heterocycles. The van der Waals surface area contributed by atoms with Crippen molar-refractivity contribution < 1.29 is 8.78 Å². The summed E-state index contributed by atoms with van der Waals surface area (Å²) in [5, 5.41) is 0. The van der Waals surface area contributed by atoms with Gasteiger partial charge in [0, 0.05) is 16.3 Å². The van der Waals surface area contributed by atoms with Gasteiger partial charge in [-0.1, -0.05) is 24.8 Å². The van der Waals surface area contributed by atoms with Crippen LogP contribution in [0.15, 0.2) is 51.1 Å². The van der Waals surface area contributed by atoms with Crippen molar-refractivity contribution in [1.82, 2.24) is 0 Å². The van der Waals surface area contributed by atoms with E-state index < -0.39 is 11.6 Å². The summed E-state index contributed by atoms with van der Waals surface area (Å²) in [6.45, 7) is 2.44. The van der Waals surface area contributed by atoms with Crippen LogP contribution in [0.4, 0.5) is 8.78 Å². The highest BCUT2D eigenvalue weighted by atomic mass is 32.2. The van der Waals surface area contributed by atoms with Gasteiger partial charge in [0.1, 0.15) is 11.6 Å². The van der Waals surface area contributed by atoms with Gasteiger partial charge < -0.3 is 5.73 Å². The molecule has 2 rings (SSSR count). The van der Waals surface area contributed by atoms with Crippen LogP contribution in [0.1, 0.15) is 12.5 Å². The smallest absolute Gasteiger partial charge is 0.137 e. The average Bonchev–Trinajstić information content (AvgIpc) is 2.43. The van der Waals surface area contributed by atoms with E-state index in [1.807, 2.05) is 18.2 Å². The highest BCUT2D eigenvalue weighted by Gasteiger charge is 2.11. The van der Waals surface area contributed by atoms with Crippen LogP contribution in [-0.4, -0.2) is 5.75 Å². The molecule has 0 amide bonds. The normalized spacial score (nSPS) is 10.8. The van der Waals surface area contributed by atoms with Crippen LogP contribution in [0.25, 0.3) is 0 Å². The minimum absolute atomic E-state index is 0.276. The Morgan fingerprint density at radius 2 is 1.80 bits per heavy atom. The van der Waals surface area contributed by atoms with Crippen LogP contribution in [0.5, 0.6) is 0 Å². The summed E-state index contributed by atoms with van der Waals surface area (Å²) >= 11 is 2.91. The number of rotatable bonds is 5. The number of benzene rings is 2. The summed E-state index contributed by atoms with van der Waals surface area (Å²) in [6.07, 6.45) is 0. The highest BCUT2D eigenvalue weighted by molar-refractivity contribution is 8.00. The van der Waals surface area contributed by atoms with E-state index in [0.29, 0.717) is 6.54 Å². The van der Waals surface area contributed by atoms with Crippen LogP contribution in [0.3, 0.4) is 0 Å². The molecule has 2 N–H and O–H groups in total. The maximum atomic E-state index is 13.7. The fourth-order valence-electron chi connectivity index (χ4n) is 1.81. The summed E-state index contributed by atoms with van der Waals surface area (Å²) in [7, 11) is 0. The van der Waals surface area contributed by atoms with Crippen molar-refractivity contribution in [3.05, 3.63) is 53.6 Å². The zero-order chi connectivity index (χ0) is 14.5. The molecule has 5 heteroatoms. The van der Waals surface area contributed by atoms with Gasteiger partial charge >= 0.3 is 0 Å². The quantitative estimate of drug-likeness (QED) is 0.812. The number of hydrogen-bond donors (Lipinski definition) is 1. The Balaban J connectivity index is 2.37. The van der Waals surface area contributed by atoms with Crippen molar-refractivity contribution >= 4 is 23.5 Å². The third kappa shape index (κ3) is 3.53. The number of halogens is 2. The third-order valence-electron chi connectivity index (χ3n) is 2.71. The van der Waals surface area contributed by atoms with Gasteiger partial charge in [-0.3, -0.25) is 0 Å². The van der Waals surface area contributed by atoms with Gasteiger partial charge in [-0.05, 0) is 41.6 Å². The first-order valence-corrected chi connectivity index (χ1v) is 8.03. The summed E-state index contributed by atoms with van der Waals surface area (Å²) in [4.78, 5) is 2.24. The molecule has 20 heavy (non-hydrogen) atoms. The van der Waals surface area contributed by atoms with Crippen molar-refractivity contribution in [1.29, 1.82) is 0 Å². The fourth-order valence-corrected chi connectivity index (χ4v) is 3.76. The summed E-state index contributed by atoms with van der Waals surface area (Å²) < 4.78 is 26.9. The molecule has 0 bridgehead atoms. The minimum atomic E-state index is -0.442. The number of nitrogens with two attached hydrogens (primary N) is 1. The van der Waals surface area contributed by atoms with Crippen LogP contribution < -0.4 is 5.73 Å².